The first-order valence-corrected chi connectivity index (χ1v) is 8.37. The van der Waals surface area contributed by atoms with Gasteiger partial charge in [0.2, 0.25) is 0 Å². The molecule has 1 heterocycles. The van der Waals surface area contributed by atoms with Gasteiger partial charge in [-0.1, -0.05) is 0 Å². The first kappa shape index (κ1) is 19.3. The average molecular weight is 352 g/mol. The molecule has 2 rings (SSSR count). The van der Waals surface area contributed by atoms with Crippen LogP contribution in [-0.4, -0.2) is 71.6 Å². The Kier molecular flexibility index (Phi) is 5.40. The Bertz CT molecular complexity index is 458. The first-order valence-electron chi connectivity index (χ1n) is 8.37. The Morgan fingerprint density at radius 3 is 2.33 bits per heavy atom. The van der Waals surface area contributed by atoms with Crippen LogP contribution in [-0.2, 0) is 4.74 Å². The van der Waals surface area contributed by atoms with E-state index in [9.17, 15) is 23.1 Å². The van der Waals surface area contributed by atoms with Crippen molar-refractivity contribution in [3.8, 4) is 0 Å². The van der Waals surface area contributed by atoms with Crippen LogP contribution in [0.1, 0.15) is 40.0 Å². The molecule has 2 fully saturated rings. The fourth-order valence-electron chi connectivity index (χ4n) is 3.04. The van der Waals surface area contributed by atoms with Gasteiger partial charge in [-0.3, -0.25) is 4.90 Å². The zero-order valence-corrected chi connectivity index (χ0v) is 14.5. The van der Waals surface area contributed by atoms with Crippen LogP contribution in [0.2, 0.25) is 0 Å². The highest BCUT2D eigenvalue weighted by molar-refractivity contribution is 5.68. The maximum Gasteiger partial charge on any atom is 0.410 e. The maximum absolute atomic E-state index is 13.0. The predicted molar refractivity (Wildman–Crippen MR) is 82.6 cm³/mol. The molecule has 0 bridgehead atoms. The number of aliphatic hydroxyl groups is 1. The molecule has 24 heavy (non-hydrogen) atoms. The minimum Gasteiger partial charge on any atom is -0.444 e. The van der Waals surface area contributed by atoms with E-state index in [4.69, 9.17) is 4.74 Å². The lowest BCUT2D eigenvalue weighted by Crippen LogP contribution is -2.57. The quantitative estimate of drug-likeness (QED) is 0.845. The zero-order chi connectivity index (χ0) is 18.2. The smallest absolute Gasteiger partial charge is 0.410 e. The van der Waals surface area contributed by atoms with Crippen molar-refractivity contribution < 1.29 is 27.8 Å². The van der Waals surface area contributed by atoms with Crippen LogP contribution >= 0.6 is 0 Å². The number of nitrogens with zero attached hydrogens (tertiary/aromatic N) is 2. The largest absolute Gasteiger partial charge is 0.444 e. The Hall–Kier alpha value is -1.02. The number of hydrogen-bond donors (Lipinski definition) is 1. The van der Waals surface area contributed by atoms with Gasteiger partial charge in [0.1, 0.15) is 5.60 Å². The maximum atomic E-state index is 13.0. The molecule has 0 aromatic carbocycles. The molecule has 5 nitrogen and oxygen atoms in total. The summed E-state index contributed by atoms with van der Waals surface area (Å²) < 4.78 is 44.3. The Morgan fingerprint density at radius 2 is 1.88 bits per heavy atom. The van der Waals surface area contributed by atoms with E-state index >= 15 is 0 Å². The van der Waals surface area contributed by atoms with Gasteiger partial charge in [-0.15, -0.1) is 0 Å². The highest BCUT2D eigenvalue weighted by Crippen LogP contribution is 2.59. The second-order valence-corrected chi connectivity index (χ2v) is 7.84. The van der Waals surface area contributed by atoms with Crippen LogP contribution in [0.25, 0.3) is 0 Å². The molecule has 1 saturated carbocycles. The van der Waals surface area contributed by atoms with Gasteiger partial charge in [0.25, 0.3) is 0 Å². The van der Waals surface area contributed by atoms with E-state index < -0.39 is 29.3 Å². The molecule has 1 amide bonds. The van der Waals surface area contributed by atoms with Gasteiger partial charge < -0.3 is 14.7 Å². The highest BCUT2D eigenvalue weighted by atomic mass is 19.4. The fourth-order valence-corrected chi connectivity index (χ4v) is 3.04. The minimum absolute atomic E-state index is 0.0844. The van der Waals surface area contributed by atoms with Gasteiger partial charge >= 0.3 is 12.3 Å². The van der Waals surface area contributed by atoms with Crippen LogP contribution in [0.3, 0.4) is 0 Å². The molecule has 140 valence electrons. The van der Waals surface area contributed by atoms with Crippen molar-refractivity contribution in [2.45, 2.75) is 57.9 Å². The third kappa shape index (κ3) is 4.53. The summed E-state index contributed by atoms with van der Waals surface area (Å²) in [7, 11) is 0. The molecule has 0 aromatic rings. The third-order valence-electron chi connectivity index (χ3n) is 4.77. The lowest BCUT2D eigenvalue weighted by Gasteiger charge is -2.41. The Labute approximate surface area is 140 Å². The summed E-state index contributed by atoms with van der Waals surface area (Å²) in [5.41, 5.74) is -2.14. The number of hydrogen-bond acceptors (Lipinski definition) is 4. The van der Waals surface area contributed by atoms with Crippen LogP contribution in [0.4, 0.5) is 18.0 Å². The van der Waals surface area contributed by atoms with Crippen molar-refractivity contribution in [2.75, 3.05) is 32.8 Å². The van der Waals surface area contributed by atoms with Crippen molar-refractivity contribution >= 4 is 6.09 Å². The summed E-state index contributed by atoms with van der Waals surface area (Å²) >= 11 is 0. The van der Waals surface area contributed by atoms with Gasteiger partial charge in [-0.25, -0.2) is 4.79 Å². The molecule has 1 aliphatic carbocycles. The van der Waals surface area contributed by atoms with Crippen LogP contribution in [0, 0.1) is 5.41 Å². The molecule has 0 spiro atoms. The molecule has 8 heteroatoms. The van der Waals surface area contributed by atoms with E-state index in [2.05, 4.69) is 0 Å². The summed E-state index contributed by atoms with van der Waals surface area (Å²) in [5, 5.41) is 9.54. The van der Waals surface area contributed by atoms with E-state index in [0.29, 0.717) is 26.2 Å². The molecule has 0 aromatic heterocycles. The van der Waals surface area contributed by atoms with Crippen molar-refractivity contribution in [2.24, 2.45) is 5.41 Å². The molecule has 1 unspecified atom stereocenters. The first-order chi connectivity index (χ1) is 11.0. The number of rotatable bonds is 4. The molecule has 1 aliphatic heterocycles. The number of ether oxygens (including phenoxy) is 1. The van der Waals surface area contributed by atoms with E-state index in [1.807, 2.05) is 4.90 Å². The van der Waals surface area contributed by atoms with Crippen molar-refractivity contribution in [3.05, 3.63) is 0 Å². The summed E-state index contributed by atoms with van der Waals surface area (Å²) in [6.07, 6.45) is -4.13. The SMILES string of the molecule is CC(C)(C)OC(=O)N1CCN(CCC2(C(F)(F)F)CC2)CC1CO. The Morgan fingerprint density at radius 1 is 1.25 bits per heavy atom. The van der Waals surface area contributed by atoms with Crippen LogP contribution in [0.15, 0.2) is 0 Å². The van der Waals surface area contributed by atoms with E-state index in [0.717, 1.165) is 0 Å². The second kappa shape index (κ2) is 6.71. The van der Waals surface area contributed by atoms with E-state index in [1.54, 1.807) is 20.8 Å². The summed E-state index contributed by atoms with van der Waals surface area (Å²) in [4.78, 5) is 15.5. The predicted octanol–water partition coefficient (Wildman–Crippen LogP) is 2.63. The number of carbonyl (C=O) groups excluding carboxylic acids is 1. The highest BCUT2D eigenvalue weighted by Gasteiger charge is 2.62. The van der Waals surface area contributed by atoms with E-state index in [1.165, 1.54) is 4.90 Å². The number of alkyl halides is 3. The molecular weight excluding hydrogens is 325 g/mol. The van der Waals surface area contributed by atoms with Crippen molar-refractivity contribution in [1.29, 1.82) is 0 Å². The number of aliphatic hydroxyl groups excluding tert-OH is 1. The minimum atomic E-state index is -4.14. The molecule has 1 saturated heterocycles. The molecular formula is C16H27F3N2O3. The van der Waals surface area contributed by atoms with Gasteiger partial charge in [0.15, 0.2) is 0 Å². The average Bonchev–Trinajstić information content (AvgIpc) is 3.23. The number of piperazine rings is 1. The monoisotopic (exact) mass is 352 g/mol. The van der Waals surface area contributed by atoms with Gasteiger partial charge in [-0.05, 0) is 46.6 Å². The topological polar surface area (TPSA) is 53.0 Å². The Balaban J connectivity index is 1.87. The summed E-state index contributed by atoms with van der Waals surface area (Å²) in [5.74, 6) is 0. The fraction of sp³-hybridized carbons (Fsp3) is 0.938. The van der Waals surface area contributed by atoms with Gasteiger partial charge in [0.05, 0.1) is 18.1 Å². The van der Waals surface area contributed by atoms with Crippen LogP contribution in [0.5, 0.6) is 0 Å². The zero-order valence-electron chi connectivity index (χ0n) is 14.5. The lowest BCUT2D eigenvalue weighted by atomic mass is 10.0. The molecule has 1 N–H and O–H groups in total. The number of halogens is 3. The lowest BCUT2D eigenvalue weighted by molar-refractivity contribution is -0.190. The van der Waals surface area contributed by atoms with Crippen molar-refractivity contribution in [1.82, 2.24) is 9.80 Å². The molecule has 0 radical (unpaired) electrons. The summed E-state index contributed by atoms with van der Waals surface area (Å²) in [6, 6.07) is -0.449. The van der Waals surface area contributed by atoms with Crippen molar-refractivity contribution in [3.63, 3.8) is 0 Å². The van der Waals surface area contributed by atoms with Crippen LogP contribution < -0.4 is 0 Å². The van der Waals surface area contributed by atoms with E-state index in [-0.39, 0.29) is 25.9 Å². The molecule has 1 atom stereocenters. The summed E-state index contributed by atoms with van der Waals surface area (Å²) in [6.45, 7) is 6.59. The molecule has 2 aliphatic rings. The number of carbonyl (C=O) groups is 1. The standard InChI is InChI=1S/C16H27F3N2O3/c1-14(2,3)24-13(23)21-9-8-20(10-12(21)11-22)7-6-15(4-5-15)16(17,18)19/h12,22H,4-11H2,1-3H3. The third-order valence-corrected chi connectivity index (χ3v) is 4.77. The van der Waals surface area contributed by atoms with Gasteiger partial charge in [-0.2, -0.15) is 13.2 Å². The van der Waals surface area contributed by atoms with Gasteiger partial charge in [0, 0.05) is 19.6 Å². The second-order valence-electron chi connectivity index (χ2n) is 7.84. The normalized spacial score (nSPS) is 24.8. The number of amides is 1.